The molecule has 1 atom stereocenters. The lowest BCUT2D eigenvalue weighted by molar-refractivity contribution is -0.139. The van der Waals surface area contributed by atoms with Crippen molar-refractivity contribution in [2.75, 3.05) is 13.1 Å². The third kappa shape index (κ3) is 9.76. The number of hydrogen-bond acceptors (Lipinski definition) is 6. The number of carbonyl (C=O) groups is 4. The van der Waals surface area contributed by atoms with Crippen molar-refractivity contribution < 1.29 is 29.0 Å². The Bertz CT molecular complexity index is 1790. The molecule has 3 amide bonds. The molecule has 0 spiro atoms. The number of alkyl carbamates (subject to hydrolysis) is 1. The quantitative estimate of drug-likeness (QED) is 0.126. The number of aryl methyl sites for hydroxylation is 1. The average Bonchev–Trinajstić information content (AvgIpc) is 3.54. The van der Waals surface area contributed by atoms with Crippen LogP contribution in [0.15, 0.2) is 109 Å². The zero-order valence-electron chi connectivity index (χ0n) is 26.3. The van der Waals surface area contributed by atoms with Crippen LogP contribution >= 0.6 is 0 Å². The SMILES string of the molecule is O=C(N[C@@H](CNC(=O)c1ccc(CN(CCc2nc3ccccc3[nH]2)C(=O)CCc2ccccc2)cc1)C(=O)O)OCc1ccccc1. The molecule has 0 saturated carbocycles. The zero-order valence-corrected chi connectivity index (χ0v) is 26.3. The summed E-state index contributed by atoms with van der Waals surface area (Å²) in [7, 11) is 0. The van der Waals surface area contributed by atoms with Gasteiger partial charge in [0.25, 0.3) is 5.91 Å². The van der Waals surface area contributed by atoms with Crippen molar-refractivity contribution >= 4 is 34.9 Å². The summed E-state index contributed by atoms with van der Waals surface area (Å²) in [6.07, 6.45) is 0.610. The van der Waals surface area contributed by atoms with E-state index in [9.17, 15) is 24.3 Å². The van der Waals surface area contributed by atoms with Crippen LogP contribution in [0.2, 0.25) is 0 Å². The number of H-pyrrole nitrogens is 1. The molecule has 0 unspecified atom stereocenters. The number of aromatic amines is 1. The molecule has 0 aliphatic heterocycles. The van der Waals surface area contributed by atoms with E-state index in [4.69, 9.17) is 4.74 Å². The van der Waals surface area contributed by atoms with Crippen molar-refractivity contribution in [3.05, 3.63) is 137 Å². The van der Waals surface area contributed by atoms with Crippen molar-refractivity contribution in [2.24, 2.45) is 0 Å². The summed E-state index contributed by atoms with van der Waals surface area (Å²) >= 11 is 0. The minimum atomic E-state index is -1.39. The number of aromatic nitrogens is 2. The van der Waals surface area contributed by atoms with E-state index in [0.717, 1.165) is 33.5 Å². The Hall–Kier alpha value is -5.97. The van der Waals surface area contributed by atoms with Crippen molar-refractivity contribution in [1.29, 1.82) is 0 Å². The van der Waals surface area contributed by atoms with E-state index >= 15 is 0 Å². The Labute approximate surface area is 278 Å². The van der Waals surface area contributed by atoms with Gasteiger partial charge in [-0.15, -0.1) is 0 Å². The van der Waals surface area contributed by atoms with Crippen molar-refractivity contribution in [3.63, 3.8) is 0 Å². The number of benzene rings is 4. The largest absolute Gasteiger partial charge is 0.480 e. The van der Waals surface area contributed by atoms with E-state index in [1.165, 1.54) is 0 Å². The maximum atomic E-state index is 13.4. The molecule has 4 N–H and O–H groups in total. The van der Waals surface area contributed by atoms with Gasteiger partial charge in [-0.1, -0.05) is 84.9 Å². The molecule has 246 valence electrons. The van der Waals surface area contributed by atoms with Gasteiger partial charge >= 0.3 is 12.1 Å². The summed E-state index contributed by atoms with van der Waals surface area (Å²) < 4.78 is 5.10. The van der Waals surface area contributed by atoms with Gasteiger partial charge in [0.15, 0.2) is 0 Å². The van der Waals surface area contributed by atoms with Crippen LogP contribution in [0.25, 0.3) is 11.0 Å². The molecule has 11 heteroatoms. The van der Waals surface area contributed by atoms with E-state index in [0.29, 0.717) is 37.9 Å². The monoisotopic (exact) mass is 647 g/mol. The van der Waals surface area contributed by atoms with Gasteiger partial charge in [0.05, 0.1) is 11.0 Å². The first kappa shape index (κ1) is 33.4. The fraction of sp³-hybridized carbons (Fsp3) is 0.216. The van der Waals surface area contributed by atoms with Crippen LogP contribution in [-0.2, 0) is 40.3 Å². The highest BCUT2D eigenvalue weighted by Crippen LogP contribution is 2.14. The molecule has 4 aromatic carbocycles. The first-order valence-electron chi connectivity index (χ1n) is 15.7. The summed E-state index contributed by atoms with van der Waals surface area (Å²) in [6, 6.07) is 32.0. The summed E-state index contributed by atoms with van der Waals surface area (Å²) in [5.74, 6) is -1.02. The van der Waals surface area contributed by atoms with Gasteiger partial charge in [-0.05, 0) is 47.4 Å². The first-order valence-corrected chi connectivity index (χ1v) is 15.7. The fourth-order valence-electron chi connectivity index (χ4n) is 5.10. The van der Waals surface area contributed by atoms with E-state index in [1.807, 2.05) is 60.7 Å². The highest BCUT2D eigenvalue weighted by molar-refractivity contribution is 5.94. The van der Waals surface area contributed by atoms with Gasteiger partial charge in [0, 0.05) is 38.0 Å². The molecule has 0 fully saturated rings. The van der Waals surface area contributed by atoms with Crippen LogP contribution in [-0.4, -0.2) is 63.0 Å². The molecule has 0 saturated heterocycles. The van der Waals surface area contributed by atoms with Crippen LogP contribution in [0.1, 0.15) is 39.3 Å². The Balaban J connectivity index is 1.16. The lowest BCUT2D eigenvalue weighted by Gasteiger charge is -2.23. The van der Waals surface area contributed by atoms with Gasteiger partial charge in [0.2, 0.25) is 5.91 Å². The van der Waals surface area contributed by atoms with E-state index in [1.54, 1.807) is 53.4 Å². The Morgan fingerprint density at radius 1 is 0.792 bits per heavy atom. The van der Waals surface area contributed by atoms with Gasteiger partial charge in [-0.2, -0.15) is 0 Å². The topological polar surface area (TPSA) is 154 Å². The molecule has 1 aromatic heterocycles. The average molecular weight is 648 g/mol. The number of fused-ring (bicyclic) bond motifs is 1. The van der Waals surface area contributed by atoms with Crippen LogP contribution in [0.3, 0.4) is 0 Å². The molecule has 5 rings (SSSR count). The highest BCUT2D eigenvalue weighted by Gasteiger charge is 2.22. The lowest BCUT2D eigenvalue weighted by atomic mass is 10.1. The predicted molar refractivity (Wildman–Crippen MR) is 180 cm³/mol. The number of hydrogen-bond donors (Lipinski definition) is 4. The molecule has 1 heterocycles. The Morgan fingerprint density at radius 3 is 2.15 bits per heavy atom. The van der Waals surface area contributed by atoms with Crippen LogP contribution < -0.4 is 10.6 Å². The molecular formula is C37H37N5O6. The van der Waals surface area contributed by atoms with E-state index in [2.05, 4.69) is 20.6 Å². The number of carbonyl (C=O) groups excluding carboxylic acids is 3. The van der Waals surface area contributed by atoms with Gasteiger partial charge in [0.1, 0.15) is 18.5 Å². The number of imidazole rings is 1. The molecule has 11 nitrogen and oxygen atoms in total. The third-order valence-electron chi connectivity index (χ3n) is 7.74. The Morgan fingerprint density at radius 2 is 1.46 bits per heavy atom. The summed E-state index contributed by atoms with van der Waals surface area (Å²) in [5, 5.41) is 14.4. The number of nitrogens with one attached hydrogen (secondary N) is 3. The number of carboxylic acids is 1. The second kappa shape index (κ2) is 16.5. The first-order chi connectivity index (χ1) is 23.3. The number of para-hydroxylation sites is 2. The number of rotatable bonds is 15. The number of ether oxygens (including phenoxy) is 1. The second-order valence-corrected chi connectivity index (χ2v) is 11.3. The highest BCUT2D eigenvalue weighted by atomic mass is 16.5. The Kier molecular flexibility index (Phi) is 11.5. The van der Waals surface area contributed by atoms with Gasteiger partial charge in [-0.3, -0.25) is 9.59 Å². The fourth-order valence-corrected chi connectivity index (χ4v) is 5.10. The molecule has 0 aliphatic rings. The summed E-state index contributed by atoms with van der Waals surface area (Å²) in [6.45, 7) is 0.425. The van der Waals surface area contributed by atoms with Gasteiger partial charge in [-0.25, -0.2) is 14.6 Å². The normalized spacial score (nSPS) is 11.4. The van der Waals surface area contributed by atoms with Crippen molar-refractivity contribution in [3.8, 4) is 0 Å². The maximum Gasteiger partial charge on any atom is 0.408 e. The van der Waals surface area contributed by atoms with Crippen LogP contribution in [0, 0.1) is 0 Å². The number of nitrogens with zero attached hydrogens (tertiary/aromatic N) is 2. The molecule has 48 heavy (non-hydrogen) atoms. The lowest BCUT2D eigenvalue weighted by Crippen LogP contribution is -2.48. The maximum absolute atomic E-state index is 13.4. The molecule has 0 aliphatic carbocycles. The predicted octanol–water partition coefficient (Wildman–Crippen LogP) is 4.88. The molecule has 5 aromatic rings. The summed E-state index contributed by atoms with van der Waals surface area (Å²) in [4.78, 5) is 59.9. The summed E-state index contributed by atoms with van der Waals surface area (Å²) in [5.41, 5.74) is 4.78. The minimum absolute atomic E-state index is 0.00583. The second-order valence-electron chi connectivity index (χ2n) is 11.3. The molecule has 0 bridgehead atoms. The van der Waals surface area contributed by atoms with Gasteiger partial charge < -0.3 is 30.4 Å². The third-order valence-corrected chi connectivity index (χ3v) is 7.74. The molecular weight excluding hydrogens is 610 g/mol. The van der Waals surface area contributed by atoms with Crippen molar-refractivity contribution in [1.82, 2.24) is 25.5 Å². The van der Waals surface area contributed by atoms with Crippen LogP contribution in [0.4, 0.5) is 4.79 Å². The number of aliphatic carboxylic acids is 1. The number of carboxylic acid groups (broad SMARTS) is 1. The molecule has 0 radical (unpaired) electrons. The van der Waals surface area contributed by atoms with Crippen molar-refractivity contribution in [2.45, 2.75) is 38.5 Å². The standard InChI is InChI=1S/C37H37N5O6/c43-34(20-17-26-9-3-1-4-10-26)42(22-21-33-39-30-13-7-8-14-31(30)40-33)24-27-15-18-29(19-16-27)35(44)38-23-32(36(45)46)41-37(47)48-25-28-11-5-2-6-12-28/h1-16,18-19,32H,17,20-25H2,(H,38,44)(H,39,40)(H,41,47)(H,45,46)/t32-/m0/s1. The van der Waals surface area contributed by atoms with E-state index in [-0.39, 0.29) is 19.1 Å². The number of amides is 3. The van der Waals surface area contributed by atoms with E-state index < -0.39 is 24.0 Å². The smallest absolute Gasteiger partial charge is 0.408 e. The zero-order chi connectivity index (χ0) is 33.7. The minimum Gasteiger partial charge on any atom is -0.480 e. The van der Waals surface area contributed by atoms with Crippen LogP contribution in [0.5, 0.6) is 0 Å².